The lowest BCUT2D eigenvalue weighted by atomic mass is 10.1. The molecule has 4 rings (SSSR count). The van der Waals surface area contributed by atoms with Gasteiger partial charge in [0.2, 0.25) is 21.8 Å². The Hall–Kier alpha value is -3.11. The fourth-order valence-corrected chi connectivity index (χ4v) is 5.21. The Morgan fingerprint density at radius 3 is 2.58 bits per heavy atom. The minimum Gasteiger partial charge on any atom is -0.339 e. The van der Waals surface area contributed by atoms with Crippen molar-refractivity contribution in [3.8, 4) is 0 Å². The summed E-state index contributed by atoms with van der Waals surface area (Å²) in [6.07, 6.45) is -0.0699. The summed E-state index contributed by atoms with van der Waals surface area (Å²) in [5.41, 5.74) is 0.935. The van der Waals surface area contributed by atoms with Gasteiger partial charge in [-0.15, -0.1) is 0 Å². The van der Waals surface area contributed by atoms with E-state index in [0.717, 1.165) is 15.9 Å². The first-order valence-electron chi connectivity index (χ1n) is 9.74. The molecule has 1 unspecified atom stereocenters. The molecule has 0 bridgehead atoms. The summed E-state index contributed by atoms with van der Waals surface area (Å²) in [6, 6.07) is 13.1. The molecule has 0 saturated carbocycles. The van der Waals surface area contributed by atoms with Gasteiger partial charge in [-0.25, -0.2) is 12.8 Å². The van der Waals surface area contributed by atoms with Gasteiger partial charge in [0.05, 0.1) is 11.3 Å². The molecule has 10 heteroatoms. The standard InChI is InChI=1S/C21H21FN4O4S/c1-15-23-20(30-24-15)13-19-21(27)25(14-16-6-3-2-4-7-16)10-11-26(19)31(28,29)18-9-5-8-17(22)12-18/h2-9,12,19H,10-11,13-14H2,1H3. The number of benzene rings is 2. The number of carbonyl (C=O) groups excluding carboxylic acids is 1. The number of hydrogen-bond acceptors (Lipinski definition) is 6. The van der Waals surface area contributed by atoms with E-state index in [1.165, 1.54) is 18.2 Å². The highest BCUT2D eigenvalue weighted by molar-refractivity contribution is 7.89. The van der Waals surface area contributed by atoms with Crippen molar-refractivity contribution in [1.29, 1.82) is 0 Å². The predicted octanol–water partition coefficient (Wildman–Crippen LogP) is 2.16. The number of hydrogen-bond donors (Lipinski definition) is 0. The van der Waals surface area contributed by atoms with Crippen LogP contribution in [0.1, 0.15) is 17.3 Å². The van der Waals surface area contributed by atoms with Crippen LogP contribution in [-0.2, 0) is 27.8 Å². The van der Waals surface area contributed by atoms with Crippen molar-refractivity contribution in [3.05, 3.63) is 77.7 Å². The SMILES string of the molecule is Cc1noc(CC2C(=O)N(Cc3ccccc3)CCN2S(=O)(=O)c2cccc(F)c2)n1. The van der Waals surface area contributed by atoms with E-state index in [-0.39, 0.29) is 36.2 Å². The first-order valence-corrected chi connectivity index (χ1v) is 11.2. The first kappa shape index (κ1) is 21.1. The first-order chi connectivity index (χ1) is 14.8. The van der Waals surface area contributed by atoms with Crippen LogP contribution >= 0.6 is 0 Å². The lowest BCUT2D eigenvalue weighted by Crippen LogP contribution is -2.59. The predicted molar refractivity (Wildman–Crippen MR) is 109 cm³/mol. The molecule has 0 spiro atoms. The Morgan fingerprint density at radius 1 is 1.13 bits per heavy atom. The Bertz CT molecular complexity index is 1180. The number of aromatic nitrogens is 2. The Kier molecular flexibility index (Phi) is 5.84. The summed E-state index contributed by atoms with van der Waals surface area (Å²) >= 11 is 0. The molecule has 0 radical (unpaired) electrons. The van der Waals surface area contributed by atoms with Crippen LogP contribution < -0.4 is 0 Å². The van der Waals surface area contributed by atoms with E-state index in [1.54, 1.807) is 11.8 Å². The number of sulfonamides is 1. The molecule has 1 aliphatic heterocycles. The van der Waals surface area contributed by atoms with Gasteiger partial charge in [-0.2, -0.15) is 9.29 Å². The van der Waals surface area contributed by atoms with Crippen LogP contribution in [0.4, 0.5) is 4.39 Å². The third kappa shape index (κ3) is 4.49. The molecule has 1 amide bonds. The molecular formula is C21H21FN4O4S. The number of rotatable bonds is 6. The smallest absolute Gasteiger partial charge is 0.243 e. The van der Waals surface area contributed by atoms with Gasteiger partial charge in [-0.1, -0.05) is 41.6 Å². The van der Waals surface area contributed by atoms with E-state index in [4.69, 9.17) is 4.52 Å². The number of amides is 1. The van der Waals surface area contributed by atoms with Gasteiger partial charge in [0.15, 0.2) is 5.82 Å². The number of carbonyl (C=O) groups is 1. The van der Waals surface area contributed by atoms with Crippen LogP contribution in [0.15, 0.2) is 64.0 Å². The second-order valence-electron chi connectivity index (χ2n) is 7.27. The maximum absolute atomic E-state index is 13.7. The zero-order valence-electron chi connectivity index (χ0n) is 16.8. The average molecular weight is 444 g/mol. The average Bonchev–Trinajstić information content (AvgIpc) is 3.16. The largest absolute Gasteiger partial charge is 0.339 e. The third-order valence-electron chi connectivity index (χ3n) is 5.09. The highest BCUT2D eigenvalue weighted by Gasteiger charge is 2.42. The molecule has 1 aromatic heterocycles. The van der Waals surface area contributed by atoms with Crippen LogP contribution in [0.3, 0.4) is 0 Å². The molecule has 1 fully saturated rings. The highest BCUT2D eigenvalue weighted by Crippen LogP contribution is 2.25. The lowest BCUT2D eigenvalue weighted by Gasteiger charge is -2.39. The quantitative estimate of drug-likeness (QED) is 0.578. The van der Waals surface area contributed by atoms with E-state index < -0.39 is 21.9 Å². The molecule has 8 nitrogen and oxygen atoms in total. The molecule has 3 aromatic rings. The molecule has 2 heterocycles. The molecule has 1 aliphatic rings. The van der Waals surface area contributed by atoms with Gasteiger partial charge in [0, 0.05) is 19.6 Å². The van der Waals surface area contributed by atoms with Crippen LogP contribution in [0.25, 0.3) is 0 Å². The summed E-state index contributed by atoms with van der Waals surface area (Å²) in [6.45, 7) is 2.27. The van der Waals surface area contributed by atoms with Gasteiger partial charge in [-0.3, -0.25) is 4.79 Å². The minimum atomic E-state index is -4.12. The fourth-order valence-electron chi connectivity index (χ4n) is 3.61. The van der Waals surface area contributed by atoms with Crippen LogP contribution in [0.2, 0.25) is 0 Å². The van der Waals surface area contributed by atoms with Crippen molar-refractivity contribution >= 4 is 15.9 Å². The Labute approximate surface area is 179 Å². The van der Waals surface area contributed by atoms with E-state index in [9.17, 15) is 17.6 Å². The van der Waals surface area contributed by atoms with E-state index in [1.807, 2.05) is 30.3 Å². The van der Waals surface area contributed by atoms with Crippen molar-refractivity contribution in [3.63, 3.8) is 0 Å². The number of halogens is 1. The van der Waals surface area contributed by atoms with Crippen molar-refractivity contribution in [1.82, 2.24) is 19.3 Å². The lowest BCUT2D eigenvalue weighted by molar-refractivity contribution is -0.139. The van der Waals surface area contributed by atoms with Gasteiger partial charge < -0.3 is 9.42 Å². The molecule has 0 N–H and O–H groups in total. The second-order valence-corrected chi connectivity index (χ2v) is 9.16. The van der Waals surface area contributed by atoms with Gasteiger partial charge in [0.1, 0.15) is 11.9 Å². The van der Waals surface area contributed by atoms with Crippen LogP contribution in [0, 0.1) is 12.7 Å². The molecule has 162 valence electrons. The summed E-state index contributed by atoms with van der Waals surface area (Å²) in [5, 5.41) is 3.72. The number of aryl methyl sites for hydroxylation is 1. The molecule has 31 heavy (non-hydrogen) atoms. The molecule has 1 saturated heterocycles. The zero-order valence-corrected chi connectivity index (χ0v) is 17.6. The second kappa shape index (κ2) is 8.56. The zero-order chi connectivity index (χ0) is 22.0. The van der Waals surface area contributed by atoms with Crippen LogP contribution in [-0.4, -0.2) is 52.8 Å². The van der Waals surface area contributed by atoms with Crippen molar-refractivity contribution in [2.24, 2.45) is 0 Å². The van der Waals surface area contributed by atoms with Crippen LogP contribution in [0.5, 0.6) is 0 Å². The van der Waals surface area contributed by atoms with E-state index in [2.05, 4.69) is 10.1 Å². The molecular weight excluding hydrogens is 423 g/mol. The topological polar surface area (TPSA) is 96.6 Å². The van der Waals surface area contributed by atoms with Crippen molar-refractivity contribution < 1.29 is 22.1 Å². The van der Waals surface area contributed by atoms with Crippen molar-refractivity contribution in [2.75, 3.05) is 13.1 Å². The summed E-state index contributed by atoms with van der Waals surface area (Å²) in [4.78, 5) is 18.9. The number of piperazine rings is 1. The number of nitrogens with zero attached hydrogens (tertiary/aromatic N) is 4. The van der Waals surface area contributed by atoms with Gasteiger partial charge in [-0.05, 0) is 30.7 Å². The normalized spacial score (nSPS) is 17.8. The highest BCUT2D eigenvalue weighted by atomic mass is 32.2. The van der Waals surface area contributed by atoms with Crippen molar-refractivity contribution in [2.45, 2.75) is 30.8 Å². The van der Waals surface area contributed by atoms with Gasteiger partial charge in [0.25, 0.3) is 0 Å². The maximum Gasteiger partial charge on any atom is 0.243 e. The van der Waals surface area contributed by atoms with E-state index in [0.29, 0.717) is 12.4 Å². The Balaban J connectivity index is 1.66. The maximum atomic E-state index is 13.7. The van der Waals surface area contributed by atoms with E-state index >= 15 is 0 Å². The van der Waals surface area contributed by atoms with Gasteiger partial charge >= 0.3 is 0 Å². The fraction of sp³-hybridized carbons (Fsp3) is 0.286. The molecule has 2 aromatic carbocycles. The Morgan fingerprint density at radius 2 is 1.90 bits per heavy atom. The summed E-state index contributed by atoms with van der Waals surface area (Å²) in [5.74, 6) is -0.485. The monoisotopic (exact) mass is 444 g/mol. The molecule has 1 atom stereocenters. The molecule has 0 aliphatic carbocycles. The summed E-state index contributed by atoms with van der Waals surface area (Å²) in [7, 11) is -4.12. The third-order valence-corrected chi connectivity index (χ3v) is 7.00. The summed E-state index contributed by atoms with van der Waals surface area (Å²) < 4.78 is 46.5. The minimum absolute atomic E-state index is 0.0647.